The van der Waals surface area contributed by atoms with Crippen LogP contribution >= 0.6 is 0 Å². The highest BCUT2D eigenvalue weighted by atomic mass is 19.1. The maximum atomic E-state index is 12.9. The first-order valence-electron chi connectivity index (χ1n) is 7.00. The summed E-state index contributed by atoms with van der Waals surface area (Å²) in [5.74, 6) is -0.228. The molecule has 0 saturated carbocycles. The third kappa shape index (κ3) is 2.72. The van der Waals surface area contributed by atoms with Crippen LogP contribution in [0.25, 0.3) is 10.9 Å². The van der Waals surface area contributed by atoms with Gasteiger partial charge in [-0.2, -0.15) is 0 Å². The molecule has 1 aromatic heterocycles. The van der Waals surface area contributed by atoms with E-state index in [0.29, 0.717) is 0 Å². The summed E-state index contributed by atoms with van der Waals surface area (Å²) in [4.78, 5) is 15.7. The molecular formula is C18H16FNO. The Hall–Kier alpha value is -2.42. The van der Waals surface area contributed by atoms with Crippen LogP contribution in [0.2, 0.25) is 0 Å². The molecule has 0 radical (unpaired) electrons. The lowest BCUT2D eigenvalue weighted by atomic mass is 10.0. The number of hydrogen-bond donors (Lipinski definition) is 1. The van der Waals surface area contributed by atoms with Gasteiger partial charge in [0.05, 0.1) is 0 Å². The number of hydrogen-bond acceptors (Lipinski definition) is 1. The molecule has 0 aliphatic carbocycles. The van der Waals surface area contributed by atoms with Crippen molar-refractivity contribution in [3.8, 4) is 0 Å². The number of nitrogens with one attached hydrogen (secondary N) is 1. The van der Waals surface area contributed by atoms with Gasteiger partial charge in [0.25, 0.3) is 0 Å². The second kappa shape index (κ2) is 5.52. The smallest absolute Gasteiger partial charge is 0.192 e. The Bertz CT molecular complexity index is 834. The van der Waals surface area contributed by atoms with Crippen LogP contribution in [0, 0.1) is 12.7 Å². The van der Waals surface area contributed by atoms with E-state index in [-0.39, 0.29) is 11.2 Å². The van der Waals surface area contributed by atoms with Crippen molar-refractivity contribution in [1.82, 2.24) is 4.98 Å². The zero-order valence-corrected chi connectivity index (χ0v) is 11.8. The van der Waals surface area contributed by atoms with Gasteiger partial charge in [-0.25, -0.2) is 4.39 Å². The Labute approximate surface area is 122 Å². The maximum absolute atomic E-state index is 12.9. The highest BCUT2D eigenvalue weighted by molar-refractivity contribution is 5.79. The molecule has 0 bridgehead atoms. The second-order valence-corrected chi connectivity index (χ2v) is 5.23. The molecular weight excluding hydrogens is 265 g/mol. The average molecular weight is 281 g/mol. The van der Waals surface area contributed by atoms with Crippen molar-refractivity contribution >= 4 is 10.9 Å². The fraction of sp³-hybridized carbons (Fsp3) is 0.167. The molecule has 0 atom stereocenters. The molecule has 3 aromatic rings. The Morgan fingerprint density at radius 3 is 2.48 bits per heavy atom. The van der Waals surface area contributed by atoms with Gasteiger partial charge in [-0.3, -0.25) is 4.79 Å². The van der Waals surface area contributed by atoms with E-state index < -0.39 is 0 Å². The van der Waals surface area contributed by atoms with Crippen molar-refractivity contribution in [1.29, 1.82) is 0 Å². The summed E-state index contributed by atoms with van der Waals surface area (Å²) in [6.07, 6.45) is 1.51. The van der Waals surface area contributed by atoms with Crippen molar-refractivity contribution < 1.29 is 4.39 Å². The summed E-state index contributed by atoms with van der Waals surface area (Å²) in [5.41, 5.74) is 3.71. The Kier molecular flexibility index (Phi) is 3.57. The molecule has 0 aliphatic heterocycles. The van der Waals surface area contributed by atoms with E-state index in [2.05, 4.69) is 4.98 Å². The van der Waals surface area contributed by atoms with E-state index >= 15 is 0 Å². The van der Waals surface area contributed by atoms with Crippen molar-refractivity contribution in [2.24, 2.45) is 0 Å². The largest absolute Gasteiger partial charge is 0.358 e. The van der Waals surface area contributed by atoms with Crippen LogP contribution in [0.5, 0.6) is 0 Å². The average Bonchev–Trinajstić information content (AvgIpc) is 2.51. The lowest BCUT2D eigenvalue weighted by molar-refractivity contribution is 0.627. The van der Waals surface area contributed by atoms with Gasteiger partial charge < -0.3 is 4.98 Å². The van der Waals surface area contributed by atoms with Crippen LogP contribution in [-0.4, -0.2) is 4.98 Å². The summed E-state index contributed by atoms with van der Waals surface area (Å²) in [6, 6.07) is 14.0. The fourth-order valence-electron chi connectivity index (χ4n) is 2.56. The Morgan fingerprint density at radius 1 is 1.00 bits per heavy atom. The van der Waals surface area contributed by atoms with E-state index in [1.165, 1.54) is 12.1 Å². The van der Waals surface area contributed by atoms with E-state index in [9.17, 15) is 9.18 Å². The molecule has 0 unspecified atom stereocenters. The first-order chi connectivity index (χ1) is 10.1. The topological polar surface area (TPSA) is 32.9 Å². The number of rotatable bonds is 3. The van der Waals surface area contributed by atoms with Gasteiger partial charge in [0.2, 0.25) is 0 Å². The van der Waals surface area contributed by atoms with Gasteiger partial charge in [-0.1, -0.05) is 24.3 Å². The number of aromatic amines is 1. The van der Waals surface area contributed by atoms with Crippen molar-refractivity contribution in [3.63, 3.8) is 0 Å². The SMILES string of the molecule is Cc1c(CCc2ccc(F)cc2)[nH]c2ccccc2c1=O. The molecule has 2 aromatic carbocycles. The summed E-state index contributed by atoms with van der Waals surface area (Å²) >= 11 is 0. The predicted octanol–water partition coefficient (Wildman–Crippen LogP) is 3.76. The third-order valence-corrected chi connectivity index (χ3v) is 3.83. The van der Waals surface area contributed by atoms with Crippen LogP contribution in [0.1, 0.15) is 16.8 Å². The summed E-state index contributed by atoms with van der Waals surface area (Å²) in [6.45, 7) is 1.85. The van der Waals surface area contributed by atoms with Crippen LogP contribution in [0.15, 0.2) is 53.3 Å². The Morgan fingerprint density at radius 2 is 1.71 bits per heavy atom. The number of fused-ring (bicyclic) bond motifs is 1. The zero-order chi connectivity index (χ0) is 14.8. The van der Waals surface area contributed by atoms with E-state index in [1.54, 1.807) is 12.1 Å². The minimum atomic E-state index is -0.228. The lowest BCUT2D eigenvalue weighted by Crippen LogP contribution is -2.12. The second-order valence-electron chi connectivity index (χ2n) is 5.23. The molecule has 0 fully saturated rings. The highest BCUT2D eigenvalue weighted by Gasteiger charge is 2.08. The van der Waals surface area contributed by atoms with E-state index in [0.717, 1.165) is 40.6 Å². The van der Waals surface area contributed by atoms with Gasteiger partial charge in [0.1, 0.15) is 5.82 Å². The van der Waals surface area contributed by atoms with Crippen LogP contribution in [0.3, 0.4) is 0 Å². The standard InChI is InChI=1S/C18H16FNO/c1-12-16(11-8-13-6-9-14(19)10-7-13)20-17-5-3-2-4-15(17)18(12)21/h2-7,9-10H,8,11H2,1H3,(H,20,21). The zero-order valence-electron chi connectivity index (χ0n) is 11.8. The van der Waals surface area contributed by atoms with E-state index in [4.69, 9.17) is 0 Å². The fourth-order valence-corrected chi connectivity index (χ4v) is 2.56. The minimum absolute atomic E-state index is 0.0819. The molecule has 0 spiro atoms. The molecule has 21 heavy (non-hydrogen) atoms. The molecule has 1 N–H and O–H groups in total. The number of aromatic nitrogens is 1. The number of benzene rings is 2. The number of pyridine rings is 1. The van der Waals surface area contributed by atoms with Gasteiger partial charge >= 0.3 is 0 Å². The molecule has 0 amide bonds. The number of para-hydroxylation sites is 1. The quantitative estimate of drug-likeness (QED) is 0.779. The molecule has 0 aliphatic rings. The van der Waals surface area contributed by atoms with Gasteiger partial charge in [0.15, 0.2) is 5.43 Å². The number of aryl methyl sites for hydroxylation is 2. The van der Waals surface area contributed by atoms with Gasteiger partial charge in [0, 0.05) is 22.2 Å². The summed E-state index contributed by atoms with van der Waals surface area (Å²) in [5, 5.41) is 0.723. The molecule has 1 heterocycles. The molecule has 3 rings (SSSR count). The predicted molar refractivity (Wildman–Crippen MR) is 83.1 cm³/mol. The molecule has 3 heteroatoms. The minimum Gasteiger partial charge on any atom is -0.358 e. The summed E-state index contributed by atoms with van der Waals surface area (Å²) < 4.78 is 12.9. The lowest BCUT2D eigenvalue weighted by Gasteiger charge is -2.08. The van der Waals surface area contributed by atoms with E-state index in [1.807, 2.05) is 31.2 Å². The van der Waals surface area contributed by atoms with Crippen molar-refractivity contribution in [2.45, 2.75) is 19.8 Å². The van der Waals surface area contributed by atoms with Crippen LogP contribution in [0.4, 0.5) is 4.39 Å². The first-order valence-corrected chi connectivity index (χ1v) is 7.00. The third-order valence-electron chi connectivity index (χ3n) is 3.83. The molecule has 106 valence electrons. The first kappa shape index (κ1) is 13.6. The number of H-pyrrole nitrogens is 1. The molecule has 2 nitrogen and oxygen atoms in total. The number of halogens is 1. The van der Waals surface area contributed by atoms with Crippen molar-refractivity contribution in [3.05, 3.63) is 81.4 Å². The maximum Gasteiger partial charge on any atom is 0.192 e. The Balaban J connectivity index is 1.92. The van der Waals surface area contributed by atoms with Gasteiger partial charge in [-0.15, -0.1) is 0 Å². The van der Waals surface area contributed by atoms with Crippen LogP contribution < -0.4 is 5.43 Å². The van der Waals surface area contributed by atoms with Crippen molar-refractivity contribution in [2.75, 3.05) is 0 Å². The van der Waals surface area contributed by atoms with Gasteiger partial charge in [-0.05, 0) is 49.6 Å². The highest BCUT2D eigenvalue weighted by Crippen LogP contribution is 2.13. The normalized spacial score (nSPS) is 11.0. The van der Waals surface area contributed by atoms with Crippen LogP contribution in [-0.2, 0) is 12.8 Å². The monoisotopic (exact) mass is 281 g/mol. The molecule has 0 saturated heterocycles. The summed E-state index contributed by atoms with van der Waals surface area (Å²) in [7, 11) is 0.